The summed E-state index contributed by atoms with van der Waals surface area (Å²) in [7, 11) is 0. The van der Waals surface area contributed by atoms with E-state index in [4.69, 9.17) is 11.6 Å². The fourth-order valence-corrected chi connectivity index (χ4v) is 5.21. The average Bonchev–Trinajstić information content (AvgIpc) is 2.88. The highest BCUT2D eigenvalue weighted by molar-refractivity contribution is 6.30. The van der Waals surface area contributed by atoms with Crippen LogP contribution in [0.25, 0.3) is 0 Å². The summed E-state index contributed by atoms with van der Waals surface area (Å²) in [4.78, 5) is 29.5. The van der Waals surface area contributed by atoms with Crippen molar-refractivity contribution in [1.82, 2.24) is 10.2 Å². The third kappa shape index (κ3) is 7.20. The van der Waals surface area contributed by atoms with Gasteiger partial charge in [0.15, 0.2) is 0 Å². The highest BCUT2D eigenvalue weighted by atomic mass is 35.5. The average molecular weight is 503 g/mol. The third-order valence-corrected chi connectivity index (χ3v) is 7.30. The van der Waals surface area contributed by atoms with E-state index >= 15 is 0 Å². The number of hydrogen-bond acceptors (Lipinski definition) is 2. The molecule has 3 aromatic carbocycles. The number of hydrogen-bond donors (Lipinski definition) is 1. The predicted molar refractivity (Wildman–Crippen MR) is 146 cm³/mol. The Labute approximate surface area is 219 Å². The molecule has 4 rings (SSSR count). The quantitative estimate of drug-likeness (QED) is 0.374. The van der Waals surface area contributed by atoms with Gasteiger partial charge in [-0.1, -0.05) is 97.6 Å². The molecule has 2 amide bonds. The summed E-state index contributed by atoms with van der Waals surface area (Å²) in [5, 5.41) is 3.89. The number of amides is 2. The molecule has 5 heteroatoms. The van der Waals surface area contributed by atoms with Crippen molar-refractivity contribution in [3.05, 3.63) is 106 Å². The summed E-state index contributed by atoms with van der Waals surface area (Å²) < 4.78 is 0. The first-order valence-electron chi connectivity index (χ1n) is 12.9. The van der Waals surface area contributed by atoms with E-state index in [1.54, 1.807) is 11.0 Å². The van der Waals surface area contributed by atoms with Crippen molar-refractivity contribution in [3.63, 3.8) is 0 Å². The van der Waals surface area contributed by atoms with Crippen LogP contribution in [-0.4, -0.2) is 28.8 Å². The second-order valence-corrected chi connectivity index (χ2v) is 10.2. The Hall–Kier alpha value is -3.11. The van der Waals surface area contributed by atoms with E-state index in [0.29, 0.717) is 18.0 Å². The van der Waals surface area contributed by atoms with Gasteiger partial charge in [-0.3, -0.25) is 9.59 Å². The number of halogens is 1. The zero-order valence-electron chi connectivity index (χ0n) is 21.0. The van der Waals surface area contributed by atoms with Crippen LogP contribution in [0.3, 0.4) is 0 Å². The predicted octanol–water partition coefficient (Wildman–Crippen LogP) is 6.28. The number of nitrogens with one attached hydrogen (secondary N) is 1. The Morgan fingerprint density at radius 1 is 0.917 bits per heavy atom. The normalized spacial score (nSPS) is 14.7. The number of rotatable bonds is 9. The van der Waals surface area contributed by atoms with Crippen LogP contribution in [0.5, 0.6) is 0 Å². The number of aryl methyl sites for hydroxylation is 1. The van der Waals surface area contributed by atoms with Gasteiger partial charge in [0.05, 0.1) is 6.42 Å². The summed E-state index contributed by atoms with van der Waals surface area (Å²) >= 11 is 6.20. The summed E-state index contributed by atoms with van der Waals surface area (Å²) in [5.41, 5.74) is 4.02. The third-order valence-electron chi connectivity index (χ3n) is 7.07. The minimum Gasteiger partial charge on any atom is -0.352 e. The SMILES string of the molecule is Cc1ccccc1CN(C(=O)Cc1cccc(Cl)c1)C(Cc1ccccc1)C(=O)NC1CCCCC1. The first-order chi connectivity index (χ1) is 17.5. The van der Waals surface area contributed by atoms with Crippen LogP contribution < -0.4 is 5.32 Å². The molecular weight excluding hydrogens is 468 g/mol. The highest BCUT2D eigenvalue weighted by Gasteiger charge is 2.32. The van der Waals surface area contributed by atoms with E-state index in [1.165, 1.54) is 6.42 Å². The van der Waals surface area contributed by atoms with Gasteiger partial charge in [0.1, 0.15) is 6.04 Å². The van der Waals surface area contributed by atoms with Crippen LogP contribution in [0.4, 0.5) is 0 Å². The summed E-state index contributed by atoms with van der Waals surface area (Å²) in [6, 6.07) is 25.0. The second-order valence-electron chi connectivity index (χ2n) is 9.80. The van der Waals surface area contributed by atoms with Gasteiger partial charge >= 0.3 is 0 Å². The topological polar surface area (TPSA) is 49.4 Å². The summed E-state index contributed by atoms with van der Waals surface area (Å²) in [6.07, 6.45) is 6.14. The molecule has 0 saturated heterocycles. The van der Waals surface area contributed by atoms with Crippen molar-refractivity contribution < 1.29 is 9.59 Å². The Bertz CT molecular complexity index is 1160. The molecule has 0 radical (unpaired) electrons. The van der Waals surface area contributed by atoms with Crippen LogP contribution in [-0.2, 0) is 29.0 Å². The molecular formula is C31H35ClN2O2. The molecule has 0 aromatic heterocycles. The maximum Gasteiger partial charge on any atom is 0.243 e. The van der Waals surface area contributed by atoms with E-state index in [-0.39, 0.29) is 24.3 Å². The van der Waals surface area contributed by atoms with E-state index in [9.17, 15) is 9.59 Å². The zero-order valence-corrected chi connectivity index (χ0v) is 21.7. The molecule has 0 aliphatic heterocycles. The van der Waals surface area contributed by atoms with Gasteiger partial charge in [0.25, 0.3) is 0 Å². The van der Waals surface area contributed by atoms with Gasteiger partial charge < -0.3 is 10.2 Å². The van der Waals surface area contributed by atoms with Crippen LogP contribution in [0.2, 0.25) is 5.02 Å². The number of carbonyl (C=O) groups is 2. The molecule has 3 aromatic rings. The van der Waals surface area contributed by atoms with E-state index in [2.05, 4.69) is 5.32 Å². The van der Waals surface area contributed by atoms with Gasteiger partial charge in [-0.25, -0.2) is 0 Å². The second kappa shape index (κ2) is 12.7. The molecule has 1 fully saturated rings. The summed E-state index contributed by atoms with van der Waals surface area (Å²) in [6.45, 7) is 2.42. The van der Waals surface area contributed by atoms with Crippen molar-refractivity contribution in [2.24, 2.45) is 0 Å². The molecule has 36 heavy (non-hydrogen) atoms. The lowest BCUT2D eigenvalue weighted by atomic mass is 9.94. The fourth-order valence-electron chi connectivity index (χ4n) is 4.99. The lowest BCUT2D eigenvalue weighted by Crippen LogP contribution is -2.53. The van der Waals surface area contributed by atoms with Crippen LogP contribution in [0.1, 0.15) is 54.4 Å². The maximum absolute atomic E-state index is 13.9. The van der Waals surface area contributed by atoms with Crippen LogP contribution in [0.15, 0.2) is 78.9 Å². The molecule has 1 aliphatic rings. The number of carbonyl (C=O) groups excluding carboxylic acids is 2. The molecule has 0 bridgehead atoms. The first kappa shape index (κ1) is 26.0. The molecule has 4 nitrogen and oxygen atoms in total. The van der Waals surface area contributed by atoms with Crippen molar-refractivity contribution in [2.75, 3.05) is 0 Å². The number of nitrogens with zero attached hydrogens (tertiary/aromatic N) is 1. The smallest absolute Gasteiger partial charge is 0.243 e. The fraction of sp³-hybridized carbons (Fsp3) is 0.355. The number of benzene rings is 3. The maximum atomic E-state index is 13.9. The van der Waals surface area contributed by atoms with E-state index in [0.717, 1.165) is 47.9 Å². The Morgan fingerprint density at radius 3 is 2.33 bits per heavy atom. The molecule has 1 unspecified atom stereocenters. The lowest BCUT2D eigenvalue weighted by molar-refractivity contribution is -0.141. The Kier molecular flexibility index (Phi) is 9.18. The van der Waals surface area contributed by atoms with E-state index < -0.39 is 6.04 Å². The molecule has 0 spiro atoms. The minimum absolute atomic E-state index is 0.0706. The molecule has 1 aliphatic carbocycles. The molecule has 1 N–H and O–H groups in total. The summed E-state index contributed by atoms with van der Waals surface area (Å²) in [5.74, 6) is -0.154. The molecule has 188 valence electrons. The van der Waals surface area contributed by atoms with Gasteiger partial charge in [-0.2, -0.15) is 0 Å². The van der Waals surface area contributed by atoms with Crippen molar-refractivity contribution in [2.45, 2.75) is 70.5 Å². The van der Waals surface area contributed by atoms with Crippen LogP contribution in [0, 0.1) is 6.92 Å². The first-order valence-corrected chi connectivity index (χ1v) is 13.3. The van der Waals surface area contributed by atoms with Gasteiger partial charge in [-0.15, -0.1) is 0 Å². The van der Waals surface area contributed by atoms with Crippen molar-refractivity contribution >= 4 is 23.4 Å². The Morgan fingerprint density at radius 2 is 1.61 bits per heavy atom. The highest BCUT2D eigenvalue weighted by Crippen LogP contribution is 2.21. The van der Waals surface area contributed by atoms with Crippen molar-refractivity contribution in [3.8, 4) is 0 Å². The van der Waals surface area contributed by atoms with Gasteiger partial charge in [-0.05, 0) is 54.2 Å². The minimum atomic E-state index is -0.611. The monoisotopic (exact) mass is 502 g/mol. The standard InChI is InChI=1S/C31H35ClN2O2/c1-23-11-8-9-15-26(23)22-34(30(35)21-25-14-10-16-27(32)19-25)29(20-24-12-4-2-5-13-24)31(36)33-28-17-6-3-7-18-28/h2,4-5,8-16,19,28-29H,3,6-7,17-18,20-22H2,1H3,(H,33,36). The van der Waals surface area contributed by atoms with Crippen molar-refractivity contribution in [1.29, 1.82) is 0 Å². The lowest BCUT2D eigenvalue weighted by Gasteiger charge is -2.34. The van der Waals surface area contributed by atoms with Crippen LogP contribution >= 0.6 is 11.6 Å². The van der Waals surface area contributed by atoms with E-state index in [1.807, 2.05) is 79.7 Å². The molecule has 1 atom stereocenters. The largest absolute Gasteiger partial charge is 0.352 e. The Balaban J connectivity index is 1.66. The van der Waals surface area contributed by atoms with Gasteiger partial charge in [0.2, 0.25) is 11.8 Å². The zero-order chi connectivity index (χ0) is 25.3. The van der Waals surface area contributed by atoms with Gasteiger partial charge in [0, 0.05) is 24.0 Å². The molecule has 0 heterocycles. The molecule has 1 saturated carbocycles.